The number of hydrogen-bond donors (Lipinski definition) is 2. The molecule has 1 heterocycles. The summed E-state index contributed by atoms with van der Waals surface area (Å²) in [6.45, 7) is 3.91. The average Bonchev–Trinajstić information content (AvgIpc) is 2.90. The van der Waals surface area contributed by atoms with Crippen LogP contribution in [0.1, 0.15) is 29.0 Å². The summed E-state index contributed by atoms with van der Waals surface area (Å²) in [5.74, 6) is -0.284. The number of primary amides is 1. The molecule has 0 aliphatic heterocycles. The molecule has 3 nitrogen and oxygen atoms in total. The molecule has 1 aromatic carbocycles. The molecule has 19 heavy (non-hydrogen) atoms. The van der Waals surface area contributed by atoms with Crippen LogP contribution in [-0.2, 0) is 4.79 Å². The Bertz CT molecular complexity index is 534. The van der Waals surface area contributed by atoms with Crippen molar-refractivity contribution in [2.75, 3.05) is 0 Å². The highest BCUT2D eigenvalue weighted by atomic mass is 32.1. The van der Waals surface area contributed by atoms with Crippen molar-refractivity contribution in [3.8, 4) is 0 Å². The maximum absolute atomic E-state index is 11.3. The molecule has 0 spiro atoms. The topological polar surface area (TPSA) is 59.7 Å². The summed E-state index contributed by atoms with van der Waals surface area (Å²) in [5.41, 5.74) is 7.80. The zero-order valence-corrected chi connectivity index (χ0v) is 12.0. The van der Waals surface area contributed by atoms with Gasteiger partial charge in [-0.05, 0) is 25.3 Å². The Hall–Kier alpha value is -1.65. The molecule has 0 fully saturated rings. The van der Waals surface area contributed by atoms with Gasteiger partial charge < -0.3 is 11.1 Å². The summed E-state index contributed by atoms with van der Waals surface area (Å²) in [4.78, 5) is 12.5. The van der Waals surface area contributed by atoms with Gasteiger partial charge in [0.05, 0.1) is 4.88 Å². The Morgan fingerprint density at radius 3 is 2.47 bits per heavy atom. The first-order valence-corrected chi connectivity index (χ1v) is 7.20. The summed E-state index contributed by atoms with van der Waals surface area (Å²) in [6, 6.07) is 12.4. The lowest BCUT2D eigenvalue weighted by Crippen LogP contribution is -2.92. The van der Waals surface area contributed by atoms with E-state index in [1.54, 1.807) is 11.3 Å². The van der Waals surface area contributed by atoms with Crippen LogP contribution < -0.4 is 11.1 Å². The summed E-state index contributed by atoms with van der Waals surface area (Å²) in [5, 5.41) is 4.08. The molecule has 2 atom stereocenters. The molecular formula is C15H19N2OS+. The second kappa shape index (κ2) is 5.99. The predicted octanol–water partition coefficient (Wildman–Crippen LogP) is 1.58. The van der Waals surface area contributed by atoms with Crippen LogP contribution in [-0.4, -0.2) is 11.9 Å². The molecule has 0 aliphatic rings. The third-order valence-corrected chi connectivity index (χ3v) is 4.17. The molecule has 0 saturated carbocycles. The number of amides is 1. The SMILES string of the molecule is Cc1ccc([C@@H]([NH2+][C@@H](C)C(N)=O)c2cccs2)cc1. The van der Waals surface area contributed by atoms with E-state index < -0.39 is 0 Å². The van der Waals surface area contributed by atoms with Crippen LogP contribution in [0.15, 0.2) is 41.8 Å². The van der Waals surface area contributed by atoms with Crippen molar-refractivity contribution >= 4 is 17.2 Å². The number of rotatable bonds is 5. The van der Waals surface area contributed by atoms with Gasteiger partial charge in [-0.2, -0.15) is 0 Å². The molecule has 4 N–H and O–H groups in total. The normalized spacial score (nSPS) is 14.0. The smallest absolute Gasteiger partial charge is 0.275 e. The highest BCUT2D eigenvalue weighted by Gasteiger charge is 2.23. The van der Waals surface area contributed by atoms with Crippen LogP contribution in [0.2, 0.25) is 0 Å². The van der Waals surface area contributed by atoms with Crippen molar-refractivity contribution in [1.29, 1.82) is 0 Å². The van der Waals surface area contributed by atoms with Gasteiger partial charge in [-0.1, -0.05) is 35.9 Å². The van der Waals surface area contributed by atoms with Crippen molar-refractivity contribution < 1.29 is 10.1 Å². The molecule has 4 heteroatoms. The number of benzene rings is 1. The Balaban J connectivity index is 2.29. The third kappa shape index (κ3) is 3.43. The standard InChI is InChI=1S/C15H18N2OS/c1-10-5-7-12(8-6-10)14(13-4-3-9-19-13)17-11(2)15(16)18/h3-9,11,14,17H,1-2H3,(H2,16,18)/p+1/t11-,14+/m0/s1. The molecule has 0 aliphatic carbocycles. The fraction of sp³-hybridized carbons (Fsp3) is 0.267. The minimum Gasteiger partial charge on any atom is -0.365 e. The van der Waals surface area contributed by atoms with Gasteiger partial charge in [0.2, 0.25) is 0 Å². The number of thiophene rings is 1. The van der Waals surface area contributed by atoms with E-state index in [4.69, 9.17) is 5.73 Å². The van der Waals surface area contributed by atoms with Crippen molar-refractivity contribution in [3.05, 3.63) is 57.8 Å². The first kappa shape index (κ1) is 13.8. The second-order valence-electron chi connectivity index (χ2n) is 4.79. The van der Waals surface area contributed by atoms with Crippen LogP contribution in [0, 0.1) is 6.92 Å². The van der Waals surface area contributed by atoms with Gasteiger partial charge in [0.15, 0.2) is 6.04 Å². The molecule has 0 bridgehead atoms. The summed E-state index contributed by atoms with van der Waals surface area (Å²) in [7, 11) is 0. The number of nitrogens with two attached hydrogens (primary N) is 2. The van der Waals surface area contributed by atoms with Crippen molar-refractivity contribution in [1.82, 2.24) is 0 Å². The van der Waals surface area contributed by atoms with Crippen LogP contribution in [0.25, 0.3) is 0 Å². The molecule has 2 aromatic rings. The van der Waals surface area contributed by atoms with E-state index in [1.807, 2.05) is 18.3 Å². The number of aryl methyl sites for hydroxylation is 1. The highest BCUT2D eigenvalue weighted by molar-refractivity contribution is 7.10. The summed E-state index contributed by atoms with van der Waals surface area (Å²) in [6.07, 6.45) is 0. The van der Waals surface area contributed by atoms with E-state index in [-0.39, 0.29) is 18.0 Å². The van der Waals surface area contributed by atoms with Gasteiger partial charge in [-0.3, -0.25) is 4.79 Å². The molecule has 0 radical (unpaired) electrons. The fourth-order valence-corrected chi connectivity index (χ4v) is 2.83. The molecule has 2 rings (SSSR count). The first-order valence-electron chi connectivity index (χ1n) is 6.32. The van der Waals surface area contributed by atoms with E-state index in [2.05, 4.69) is 42.6 Å². The highest BCUT2D eigenvalue weighted by Crippen LogP contribution is 2.23. The average molecular weight is 275 g/mol. The zero-order chi connectivity index (χ0) is 13.8. The van der Waals surface area contributed by atoms with Crippen molar-refractivity contribution in [2.45, 2.75) is 25.9 Å². The Morgan fingerprint density at radius 2 is 1.95 bits per heavy atom. The molecule has 100 valence electrons. The van der Waals surface area contributed by atoms with E-state index in [1.165, 1.54) is 16.0 Å². The maximum atomic E-state index is 11.3. The number of carbonyl (C=O) groups is 1. The van der Waals surface area contributed by atoms with Crippen molar-refractivity contribution in [2.24, 2.45) is 5.73 Å². The van der Waals surface area contributed by atoms with E-state index in [0.29, 0.717) is 0 Å². The van der Waals surface area contributed by atoms with Gasteiger partial charge in [0, 0.05) is 5.56 Å². The second-order valence-corrected chi connectivity index (χ2v) is 5.77. The lowest BCUT2D eigenvalue weighted by molar-refractivity contribution is -0.704. The number of quaternary nitrogens is 1. The lowest BCUT2D eigenvalue weighted by atomic mass is 10.0. The van der Waals surface area contributed by atoms with E-state index in [9.17, 15) is 4.79 Å². The maximum Gasteiger partial charge on any atom is 0.275 e. The van der Waals surface area contributed by atoms with Crippen LogP contribution in [0.5, 0.6) is 0 Å². The molecule has 0 saturated heterocycles. The number of carbonyl (C=O) groups excluding carboxylic acids is 1. The number of hydrogen-bond acceptors (Lipinski definition) is 2. The molecule has 0 unspecified atom stereocenters. The first-order chi connectivity index (χ1) is 9.08. The minimum absolute atomic E-state index is 0.128. The van der Waals surface area contributed by atoms with E-state index in [0.717, 1.165) is 0 Å². The van der Waals surface area contributed by atoms with Crippen LogP contribution in [0.4, 0.5) is 0 Å². The minimum atomic E-state index is -0.284. The van der Waals surface area contributed by atoms with Gasteiger partial charge in [0.25, 0.3) is 5.91 Å². The Labute approximate surface area is 117 Å². The zero-order valence-electron chi connectivity index (χ0n) is 11.2. The monoisotopic (exact) mass is 275 g/mol. The predicted molar refractivity (Wildman–Crippen MR) is 77.9 cm³/mol. The quantitative estimate of drug-likeness (QED) is 0.855. The lowest BCUT2D eigenvalue weighted by Gasteiger charge is -2.18. The Kier molecular flexibility index (Phi) is 4.35. The third-order valence-electron chi connectivity index (χ3n) is 3.22. The van der Waals surface area contributed by atoms with Crippen molar-refractivity contribution in [3.63, 3.8) is 0 Å². The molecule has 1 amide bonds. The molecular weight excluding hydrogens is 256 g/mol. The van der Waals surface area contributed by atoms with Gasteiger partial charge in [-0.15, -0.1) is 11.3 Å². The van der Waals surface area contributed by atoms with E-state index >= 15 is 0 Å². The summed E-state index contributed by atoms with van der Waals surface area (Å²) >= 11 is 1.70. The van der Waals surface area contributed by atoms with Gasteiger partial charge in [0.1, 0.15) is 6.04 Å². The summed E-state index contributed by atoms with van der Waals surface area (Å²) < 4.78 is 0. The van der Waals surface area contributed by atoms with Crippen LogP contribution >= 0.6 is 11.3 Å². The Morgan fingerprint density at radius 1 is 1.26 bits per heavy atom. The molecule has 1 aromatic heterocycles. The van der Waals surface area contributed by atoms with Gasteiger partial charge >= 0.3 is 0 Å². The largest absolute Gasteiger partial charge is 0.365 e. The van der Waals surface area contributed by atoms with Gasteiger partial charge in [-0.25, -0.2) is 0 Å². The van der Waals surface area contributed by atoms with Crippen LogP contribution in [0.3, 0.4) is 0 Å². The fourth-order valence-electron chi connectivity index (χ4n) is 2.00.